The van der Waals surface area contributed by atoms with Crippen molar-refractivity contribution in [2.75, 3.05) is 13.2 Å². The average Bonchev–Trinajstić information content (AvgIpc) is 3.33. The first-order valence-electron chi connectivity index (χ1n) is 7.64. The molecule has 130 valence electrons. The molecule has 3 N–H and O–H groups in total. The summed E-state index contributed by atoms with van der Waals surface area (Å²) >= 11 is 5.80. The van der Waals surface area contributed by atoms with E-state index in [-0.39, 0.29) is 19.7 Å². The van der Waals surface area contributed by atoms with Crippen molar-refractivity contribution in [3.63, 3.8) is 0 Å². The van der Waals surface area contributed by atoms with Crippen LogP contribution in [0.1, 0.15) is 25.3 Å². The van der Waals surface area contributed by atoms with Crippen LogP contribution < -0.4 is 11.1 Å². The summed E-state index contributed by atoms with van der Waals surface area (Å²) in [5.74, 6) is -0.401. The number of nitrogens with two attached hydrogens (primary N) is 1. The lowest BCUT2D eigenvalue weighted by Gasteiger charge is -2.23. The number of ether oxygens (including phenoxy) is 1. The van der Waals surface area contributed by atoms with E-state index in [1.807, 2.05) is 0 Å². The van der Waals surface area contributed by atoms with Crippen LogP contribution in [-0.2, 0) is 16.1 Å². The van der Waals surface area contributed by atoms with Gasteiger partial charge in [-0.15, -0.1) is 0 Å². The van der Waals surface area contributed by atoms with Gasteiger partial charge in [0.1, 0.15) is 0 Å². The minimum absolute atomic E-state index is 0.0758. The number of rotatable bonds is 6. The Labute approximate surface area is 145 Å². The van der Waals surface area contributed by atoms with Gasteiger partial charge >= 0.3 is 18.0 Å². The number of nitrogens with one attached hydrogen (secondary N) is 1. The third kappa shape index (κ3) is 4.38. The lowest BCUT2D eigenvalue weighted by molar-refractivity contribution is -0.149. The van der Waals surface area contributed by atoms with Crippen molar-refractivity contribution in [2.24, 2.45) is 11.1 Å². The van der Waals surface area contributed by atoms with Crippen molar-refractivity contribution >= 4 is 29.6 Å². The SMILES string of the molecule is CCOC(=O)C1(CN(C(N)=O)C(=O)NCc2ccc(Cl)cc2)CC1. The average molecular weight is 354 g/mol. The second-order valence-corrected chi connectivity index (χ2v) is 6.15. The standard InChI is InChI=1S/C16H20ClN3O4/c1-2-24-13(21)16(7-8-16)10-20(14(18)22)15(23)19-9-11-3-5-12(17)6-4-11/h3-6H,2,7-10H2,1H3,(H2,18,22)(H,19,23). The van der Waals surface area contributed by atoms with Crippen LogP contribution in [0.4, 0.5) is 9.59 Å². The molecule has 1 aliphatic rings. The molecule has 1 saturated carbocycles. The van der Waals surface area contributed by atoms with Crippen molar-refractivity contribution in [2.45, 2.75) is 26.3 Å². The van der Waals surface area contributed by atoms with Crippen LogP contribution in [0.3, 0.4) is 0 Å². The molecule has 1 aromatic rings. The first-order valence-corrected chi connectivity index (χ1v) is 8.02. The van der Waals surface area contributed by atoms with Gasteiger partial charge in [0.25, 0.3) is 0 Å². The van der Waals surface area contributed by atoms with Crippen LogP contribution >= 0.6 is 11.6 Å². The topological polar surface area (TPSA) is 102 Å². The highest BCUT2D eigenvalue weighted by atomic mass is 35.5. The lowest BCUT2D eigenvalue weighted by Crippen LogP contribution is -2.50. The van der Waals surface area contributed by atoms with Gasteiger partial charge in [0.15, 0.2) is 0 Å². The predicted molar refractivity (Wildman–Crippen MR) is 88.3 cm³/mol. The Balaban J connectivity index is 1.97. The van der Waals surface area contributed by atoms with E-state index in [0.29, 0.717) is 17.9 Å². The van der Waals surface area contributed by atoms with Crippen LogP contribution in [0, 0.1) is 5.41 Å². The molecule has 2 rings (SSSR count). The summed E-state index contributed by atoms with van der Waals surface area (Å²) in [6.07, 6.45) is 1.14. The van der Waals surface area contributed by atoms with Gasteiger partial charge in [0.05, 0.1) is 12.0 Å². The first-order chi connectivity index (χ1) is 11.4. The number of esters is 1. The van der Waals surface area contributed by atoms with Crippen molar-refractivity contribution in [1.82, 2.24) is 10.2 Å². The zero-order valence-electron chi connectivity index (χ0n) is 13.4. The van der Waals surface area contributed by atoms with E-state index in [4.69, 9.17) is 22.1 Å². The van der Waals surface area contributed by atoms with Crippen molar-refractivity contribution in [3.05, 3.63) is 34.9 Å². The number of carbonyl (C=O) groups excluding carboxylic acids is 3. The highest BCUT2D eigenvalue weighted by Crippen LogP contribution is 2.47. The van der Waals surface area contributed by atoms with Crippen molar-refractivity contribution in [1.29, 1.82) is 0 Å². The molecule has 1 fully saturated rings. The molecule has 0 saturated heterocycles. The van der Waals surface area contributed by atoms with E-state index in [2.05, 4.69) is 5.32 Å². The Bertz CT molecular complexity index is 629. The number of primary amides is 1. The molecule has 0 aromatic heterocycles. The summed E-state index contributed by atoms with van der Waals surface area (Å²) in [5, 5.41) is 3.20. The number of nitrogens with zero attached hydrogens (tertiary/aromatic N) is 1. The van der Waals surface area contributed by atoms with Crippen LogP contribution in [0.5, 0.6) is 0 Å². The fourth-order valence-corrected chi connectivity index (χ4v) is 2.42. The molecule has 0 unspecified atom stereocenters. The third-order valence-corrected chi connectivity index (χ3v) is 4.14. The number of imide groups is 1. The summed E-state index contributed by atoms with van der Waals surface area (Å²) in [6, 6.07) is 5.38. The molecular formula is C16H20ClN3O4. The van der Waals surface area contributed by atoms with Crippen molar-refractivity contribution in [3.8, 4) is 0 Å². The molecule has 24 heavy (non-hydrogen) atoms. The van der Waals surface area contributed by atoms with E-state index in [9.17, 15) is 14.4 Å². The second-order valence-electron chi connectivity index (χ2n) is 5.71. The summed E-state index contributed by atoms with van der Waals surface area (Å²) in [6.45, 7) is 2.10. The fourth-order valence-electron chi connectivity index (χ4n) is 2.29. The number of hydrogen-bond donors (Lipinski definition) is 2. The Morgan fingerprint density at radius 3 is 2.42 bits per heavy atom. The van der Waals surface area contributed by atoms with Crippen LogP contribution in [0.15, 0.2) is 24.3 Å². The maximum absolute atomic E-state index is 12.2. The monoisotopic (exact) mass is 353 g/mol. The number of amides is 4. The molecule has 1 aliphatic carbocycles. The quantitative estimate of drug-likeness (QED) is 0.766. The van der Waals surface area contributed by atoms with E-state index < -0.39 is 23.4 Å². The van der Waals surface area contributed by atoms with Crippen LogP contribution in [0.25, 0.3) is 0 Å². The van der Waals surface area contributed by atoms with Crippen molar-refractivity contribution < 1.29 is 19.1 Å². The van der Waals surface area contributed by atoms with Gasteiger partial charge < -0.3 is 15.8 Å². The first kappa shape index (κ1) is 18.1. The van der Waals surface area contributed by atoms with Gasteiger partial charge in [0, 0.05) is 18.1 Å². The summed E-state index contributed by atoms with van der Waals surface area (Å²) in [4.78, 5) is 36.7. The van der Waals surface area contributed by atoms with Gasteiger partial charge in [-0.2, -0.15) is 0 Å². The second kappa shape index (κ2) is 7.53. The predicted octanol–water partition coefficient (Wildman–Crippen LogP) is 2.27. The van der Waals surface area contributed by atoms with Gasteiger partial charge in [0.2, 0.25) is 0 Å². The van der Waals surface area contributed by atoms with E-state index in [1.54, 1.807) is 31.2 Å². The Morgan fingerprint density at radius 1 is 1.29 bits per heavy atom. The Morgan fingerprint density at radius 2 is 1.92 bits per heavy atom. The van der Waals surface area contributed by atoms with Gasteiger partial charge in [-0.3, -0.25) is 4.79 Å². The molecule has 4 amide bonds. The smallest absolute Gasteiger partial charge is 0.325 e. The Kier molecular flexibility index (Phi) is 5.66. The number of carbonyl (C=O) groups is 3. The van der Waals surface area contributed by atoms with E-state index >= 15 is 0 Å². The highest BCUT2D eigenvalue weighted by molar-refractivity contribution is 6.30. The van der Waals surface area contributed by atoms with Gasteiger partial charge in [-0.1, -0.05) is 23.7 Å². The summed E-state index contributed by atoms with van der Waals surface area (Å²) in [7, 11) is 0. The minimum Gasteiger partial charge on any atom is -0.466 e. The number of hydrogen-bond acceptors (Lipinski definition) is 4. The maximum atomic E-state index is 12.2. The minimum atomic E-state index is -0.904. The maximum Gasteiger partial charge on any atom is 0.325 e. The highest BCUT2D eigenvalue weighted by Gasteiger charge is 2.53. The molecule has 0 aliphatic heterocycles. The summed E-state index contributed by atoms with van der Waals surface area (Å²) in [5.41, 5.74) is 5.30. The molecule has 7 nitrogen and oxygen atoms in total. The molecular weight excluding hydrogens is 334 g/mol. The Hall–Kier alpha value is -2.28. The molecule has 0 spiro atoms. The largest absolute Gasteiger partial charge is 0.466 e. The molecule has 8 heteroatoms. The zero-order valence-corrected chi connectivity index (χ0v) is 14.1. The molecule has 0 bridgehead atoms. The molecule has 0 radical (unpaired) electrons. The summed E-state index contributed by atoms with van der Waals surface area (Å²) < 4.78 is 5.01. The lowest BCUT2D eigenvalue weighted by atomic mass is 10.1. The fraction of sp³-hybridized carbons (Fsp3) is 0.438. The number of benzene rings is 1. The van der Waals surface area contributed by atoms with E-state index in [1.165, 1.54) is 0 Å². The normalized spacial score (nSPS) is 14.6. The molecule has 0 atom stereocenters. The third-order valence-electron chi connectivity index (χ3n) is 3.89. The van der Waals surface area contributed by atoms with E-state index in [0.717, 1.165) is 10.5 Å². The number of urea groups is 2. The number of halogens is 1. The molecule has 0 heterocycles. The van der Waals surface area contributed by atoms with Gasteiger partial charge in [-0.25, -0.2) is 14.5 Å². The zero-order chi connectivity index (χ0) is 17.7. The molecule has 1 aromatic carbocycles. The van der Waals surface area contributed by atoms with Gasteiger partial charge in [-0.05, 0) is 37.5 Å². The van der Waals surface area contributed by atoms with Crippen LogP contribution in [-0.4, -0.2) is 36.1 Å². The van der Waals surface area contributed by atoms with Crippen LogP contribution in [0.2, 0.25) is 5.02 Å².